The predicted molar refractivity (Wildman–Crippen MR) is 62.1 cm³/mol. The van der Waals surface area contributed by atoms with Gasteiger partial charge in [0.2, 0.25) is 0 Å². The van der Waals surface area contributed by atoms with Crippen LogP contribution in [0.2, 0.25) is 0 Å². The van der Waals surface area contributed by atoms with Gasteiger partial charge in [-0.2, -0.15) is 0 Å². The minimum atomic E-state index is 0.272. The minimum absolute atomic E-state index is 0.272. The number of allylic oxidation sites excluding steroid dienone is 1. The molecule has 2 bridgehead atoms. The van der Waals surface area contributed by atoms with Crippen LogP contribution in [0.25, 0.3) is 0 Å². The molecule has 90 valence electrons. The normalized spacial score (nSPS) is 37.6. The van der Waals surface area contributed by atoms with E-state index in [0.29, 0.717) is 5.92 Å². The maximum atomic E-state index is 5.49. The van der Waals surface area contributed by atoms with Gasteiger partial charge in [-0.3, -0.25) is 0 Å². The van der Waals surface area contributed by atoms with Crippen LogP contribution in [0.3, 0.4) is 0 Å². The monoisotopic (exact) mass is 223 g/mol. The molecular formula is C13H21NO2. The number of ether oxygens (including phenoxy) is 2. The maximum Gasteiger partial charge on any atom is 0.0889 e. The minimum Gasteiger partial charge on any atom is -0.378 e. The number of rotatable bonds is 2. The second-order valence-electron chi connectivity index (χ2n) is 5.27. The van der Waals surface area contributed by atoms with Crippen molar-refractivity contribution in [1.82, 2.24) is 4.90 Å². The Bertz CT molecular complexity index is 282. The largest absolute Gasteiger partial charge is 0.378 e. The molecule has 0 radical (unpaired) electrons. The summed E-state index contributed by atoms with van der Waals surface area (Å²) in [6.45, 7) is 4.12. The highest BCUT2D eigenvalue weighted by Crippen LogP contribution is 2.35. The highest BCUT2D eigenvalue weighted by molar-refractivity contribution is 5.12. The molecule has 0 saturated carbocycles. The first-order chi connectivity index (χ1) is 7.86. The Morgan fingerprint density at radius 1 is 1.31 bits per heavy atom. The smallest absolute Gasteiger partial charge is 0.0889 e. The third kappa shape index (κ3) is 1.87. The van der Waals surface area contributed by atoms with E-state index >= 15 is 0 Å². The van der Waals surface area contributed by atoms with Crippen molar-refractivity contribution in [3.63, 3.8) is 0 Å². The van der Waals surface area contributed by atoms with E-state index in [9.17, 15) is 0 Å². The van der Waals surface area contributed by atoms with E-state index in [2.05, 4.69) is 11.0 Å². The lowest BCUT2D eigenvalue weighted by Gasteiger charge is -2.43. The first kappa shape index (κ1) is 10.6. The van der Waals surface area contributed by atoms with Crippen LogP contribution in [0, 0.1) is 11.8 Å². The van der Waals surface area contributed by atoms with E-state index in [0.717, 1.165) is 19.1 Å². The van der Waals surface area contributed by atoms with E-state index in [1.165, 1.54) is 32.4 Å². The van der Waals surface area contributed by atoms with Gasteiger partial charge in [-0.25, -0.2) is 0 Å². The van der Waals surface area contributed by atoms with Crippen LogP contribution in [0.4, 0.5) is 0 Å². The Morgan fingerprint density at radius 2 is 2.12 bits per heavy atom. The number of methoxy groups -OCH3 is 1. The molecular weight excluding hydrogens is 202 g/mol. The van der Waals surface area contributed by atoms with Crippen LogP contribution >= 0.6 is 0 Å². The molecule has 3 nitrogen and oxygen atoms in total. The fraction of sp³-hybridized carbons (Fsp3) is 0.846. The van der Waals surface area contributed by atoms with Crippen molar-refractivity contribution in [2.75, 3.05) is 33.4 Å². The molecule has 2 atom stereocenters. The van der Waals surface area contributed by atoms with Crippen LogP contribution in [0.1, 0.15) is 19.3 Å². The summed E-state index contributed by atoms with van der Waals surface area (Å²) in [7, 11) is 1.79. The van der Waals surface area contributed by atoms with Crippen molar-refractivity contribution >= 4 is 0 Å². The number of nitrogens with zero attached hydrogens (tertiary/aromatic N) is 1. The lowest BCUT2D eigenvalue weighted by molar-refractivity contribution is 0.0726. The SMILES string of the molecule is COC1COCC1C=C1CC2CCN1CC2. The molecule has 16 heavy (non-hydrogen) atoms. The number of hydrogen-bond acceptors (Lipinski definition) is 3. The molecule has 4 fully saturated rings. The molecule has 0 amide bonds. The number of fused-ring (bicyclic) bond motifs is 3. The Morgan fingerprint density at radius 3 is 2.75 bits per heavy atom. The van der Waals surface area contributed by atoms with Gasteiger partial charge in [0.15, 0.2) is 0 Å². The lowest BCUT2D eigenvalue weighted by Crippen LogP contribution is -2.40. The van der Waals surface area contributed by atoms with E-state index in [4.69, 9.17) is 9.47 Å². The molecule has 0 aromatic carbocycles. The van der Waals surface area contributed by atoms with Gasteiger partial charge in [-0.15, -0.1) is 0 Å². The third-order valence-corrected chi connectivity index (χ3v) is 4.30. The molecule has 3 heteroatoms. The van der Waals surface area contributed by atoms with Gasteiger partial charge >= 0.3 is 0 Å². The van der Waals surface area contributed by atoms with Crippen molar-refractivity contribution in [3.8, 4) is 0 Å². The molecule has 4 heterocycles. The quantitative estimate of drug-likeness (QED) is 0.710. The maximum absolute atomic E-state index is 5.49. The molecule has 4 aliphatic rings. The van der Waals surface area contributed by atoms with Crippen molar-refractivity contribution in [3.05, 3.63) is 11.8 Å². The van der Waals surface area contributed by atoms with Gasteiger partial charge in [0.05, 0.1) is 19.3 Å². The summed E-state index contributed by atoms with van der Waals surface area (Å²) in [5.41, 5.74) is 1.56. The van der Waals surface area contributed by atoms with E-state index in [-0.39, 0.29) is 6.10 Å². The topological polar surface area (TPSA) is 21.7 Å². The average molecular weight is 223 g/mol. The molecule has 2 unspecified atom stereocenters. The summed E-state index contributed by atoms with van der Waals surface area (Å²) in [5.74, 6) is 1.42. The lowest BCUT2D eigenvalue weighted by atomic mass is 9.85. The summed E-state index contributed by atoms with van der Waals surface area (Å²) < 4.78 is 11.0. The first-order valence-electron chi connectivity index (χ1n) is 6.43. The highest BCUT2D eigenvalue weighted by Gasteiger charge is 2.32. The molecule has 0 spiro atoms. The highest BCUT2D eigenvalue weighted by atomic mass is 16.5. The van der Waals surface area contributed by atoms with E-state index < -0.39 is 0 Å². The number of piperidine rings is 3. The Labute approximate surface area is 97.4 Å². The predicted octanol–water partition coefficient (Wildman–Crippen LogP) is 1.65. The molecule has 4 aliphatic heterocycles. The summed E-state index contributed by atoms with van der Waals surface area (Å²) in [5, 5.41) is 0. The van der Waals surface area contributed by atoms with Gasteiger partial charge in [-0.1, -0.05) is 6.08 Å². The molecule has 0 aliphatic carbocycles. The number of hydrogen-bond donors (Lipinski definition) is 0. The Hall–Kier alpha value is -0.540. The van der Waals surface area contributed by atoms with Gasteiger partial charge in [0.25, 0.3) is 0 Å². The van der Waals surface area contributed by atoms with Crippen LogP contribution in [0.5, 0.6) is 0 Å². The Balaban J connectivity index is 1.72. The molecule has 0 aromatic heterocycles. The summed E-state index contributed by atoms with van der Waals surface area (Å²) in [6.07, 6.45) is 6.77. The van der Waals surface area contributed by atoms with Gasteiger partial charge in [0.1, 0.15) is 0 Å². The molecule has 0 N–H and O–H groups in total. The van der Waals surface area contributed by atoms with Gasteiger partial charge in [-0.05, 0) is 25.2 Å². The average Bonchev–Trinajstić information content (AvgIpc) is 2.78. The van der Waals surface area contributed by atoms with Crippen molar-refractivity contribution < 1.29 is 9.47 Å². The van der Waals surface area contributed by atoms with Crippen LogP contribution < -0.4 is 0 Å². The zero-order valence-corrected chi connectivity index (χ0v) is 10.0. The van der Waals surface area contributed by atoms with Crippen LogP contribution in [0.15, 0.2) is 11.8 Å². The zero-order valence-electron chi connectivity index (χ0n) is 10.0. The van der Waals surface area contributed by atoms with Crippen molar-refractivity contribution in [2.45, 2.75) is 25.4 Å². The van der Waals surface area contributed by atoms with Gasteiger partial charge < -0.3 is 14.4 Å². The van der Waals surface area contributed by atoms with Crippen LogP contribution in [-0.2, 0) is 9.47 Å². The second-order valence-corrected chi connectivity index (χ2v) is 5.27. The standard InChI is InChI=1S/C13H21NO2/c1-15-13-9-16-8-11(13)7-12-6-10-2-4-14(12)5-3-10/h7,10-11,13H,2-6,8-9H2,1H3. The van der Waals surface area contributed by atoms with E-state index in [1.54, 1.807) is 12.8 Å². The first-order valence-corrected chi connectivity index (χ1v) is 6.43. The molecule has 0 aromatic rings. The summed E-state index contributed by atoms with van der Waals surface area (Å²) in [6, 6.07) is 0. The second kappa shape index (κ2) is 4.38. The fourth-order valence-corrected chi connectivity index (χ4v) is 3.22. The van der Waals surface area contributed by atoms with Crippen molar-refractivity contribution in [1.29, 1.82) is 0 Å². The van der Waals surface area contributed by atoms with E-state index in [1.807, 2.05) is 0 Å². The Kier molecular flexibility index (Phi) is 2.90. The molecule has 4 saturated heterocycles. The zero-order chi connectivity index (χ0) is 11.0. The van der Waals surface area contributed by atoms with Crippen LogP contribution in [-0.4, -0.2) is 44.4 Å². The molecule has 4 rings (SSSR count). The van der Waals surface area contributed by atoms with Crippen molar-refractivity contribution in [2.24, 2.45) is 11.8 Å². The summed E-state index contributed by atoms with van der Waals surface area (Å²) >= 11 is 0. The van der Waals surface area contributed by atoms with Gasteiger partial charge in [0, 0.05) is 31.8 Å². The fourth-order valence-electron chi connectivity index (χ4n) is 3.22. The summed E-state index contributed by atoms with van der Waals surface area (Å²) in [4.78, 5) is 2.56. The third-order valence-electron chi connectivity index (χ3n) is 4.30.